The molecule has 0 bridgehead atoms. The van der Waals surface area contributed by atoms with Crippen molar-refractivity contribution in [1.82, 2.24) is 5.32 Å². The summed E-state index contributed by atoms with van der Waals surface area (Å²) in [6, 6.07) is 13.3. The van der Waals surface area contributed by atoms with Gasteiger partial charge in [0.1, 0.15) is 12.4 Å². The number of carbonyl (C=O) groups is 1. The van der Waals surface area contributed by atoms with E-state index >= 15 is 0 Å². The third kappa shape index (κ3) is 6.52. The van der Waals surface area contributed by atoms with E-state index in [0.717, 1.165) is 36.3 Å². The van der Waals surface area contributed by atoms with Gasteiger partial charge < -0.3 is 24.3 Å². The van der Waals surface area contributed by atoms with Gasteiger partial charge in [0.2, 0.25) is 0 Å². The van der Waals surface area contributed by atoms with Gasteiger partial charge in [-0.25, -0.2) is 0 Å². The van der Waals surface area contributed by atoms with Crippen LogP contribution in [-0.4, -0.2) is 38.9 Å². The summed E-state index contributed by atoms with van der Waals surface area (Å²) in [7, 11) is 1.58. The van der Waals surface area contributed by atoms with Crippen molar-refractivity contribution in [3.05, 3.63) is 59.7 Å². The van der Waals surface area contributed by atoms with E-state index in [1.165, 1.54) is 0 Å². The molecule has 0 radical (unpaired) electrons. The number of allylic oxidation sites excluding steroid dienone is 1. The Labute approximate surface area is 177 Å². The van der Waals surface area contributed by atoms with Gasteiger partial charge in [-0.3, -0.25) is 4.79 Å². The monoisotopic (exact) mass is 411 g/mol. The molecule has 1 unspecified atom stereocenters. The molecule has 1 fully saturated rings. The summed E-state index contributed by atoms with van der Waals surface area (Å²) in [6.45, 7) is 3.69. The summed E-state index contributed by atoms with van der Waals surface area (Å²) in [6.07, 6.45) is 6.27. The van der Waals surface area contributed by atoms with Crippen LogP contribution in [-0.2, 0) is 16.1 Å². The molecule has 0 aromatic heterocycles. The van der Waals surface area contributed by atoms with Crippen LogP contribution in [0.2, 0.25) is 0 Å². The number of ether oxygens (including phenoxy) is 4. The first-order valence-corrected chi connectivity index (χ1v) is 10.2. The molecule has 1 aliphatic rings. The summed E-state index contributed by atoms with van der Waals surface area (Å²) >= 11 is 0. The second-order valence-corrected chi connectivity index (χ2v) is 7.07. The van der Waals surface area contributed by atoms with E-state index < -0.39 is 0 Å². The van der Waals surface area contributed by atoms with E-state index in [9.17, 15) is 4.79 Å². The molecule has 6 heteroatoms. The summed E-state index contributed by atoms with van der Waals surface area (Å²) in [4.78, 5) is 12.1. The molecule has 3 rings (SSSR count). The Bertz CT molecular complexity index is 841. The predicted molar refractivity (Wildman–Crippen MR) is 116 cm³/mol. The van der Waals surface area contributed by atoms with Crippen LogP contribution >= 0.6 is 0 Å². The van der Waals surface area contributed by atoms with Gasteiger partial charge >= 0.3 is 0 Å². The lowest BCUT2D eigenvalue weighted by Crippen LogP contribution is -2.28. The Morgan fingerprint density at radius 2 is 2.00 bits per heavy atom. The number of amides is 1. The molecule has 0 aliphatic carbocycles. The number of hydrogen-bond donors (Lipinski definition) is 1. The third-order valence-electron chi connectivity index (χ3n) is 4.78. The van der Waals surface area contributed by atoms with Crippen LogP contribution in [0.4, 0.5) is 0 Å². The van der Waals surface area contributed by atoms with E-state index in [4.69, 9.17) is 18.9 Å². The number of rotatable bonds is 10. The average molecular weight is 411 g/mol. The Balaban J connectivity index is 1.42. The lowest BCUT2D eigenvalue weighted by Gasteiger charge is -2.13. The van der Waals surface area contributed by atoms with Crippen molar-refractivity contribution < 1.29 is 23.7 Å². The van der Waals surface area contributed by atoms with Gasteiger partial charge in [0.05, 0.1) is 13.2 Å². The van der Waals surface area contributed by atoms with E-state index in [-0.39, 0.29) is 18.6 Å². The van der Waals surface area contributed by atoms with Gasteiger partial charge in [-0.2, -0.15) is 0 Å². The van der Waals surface area contributed by atoms with Gasteiger partial charge in [0, 0.05) is 13.2 Å². The van der Waals surface area contributed by atoms with Crippen molar-refractivity contribution in [3.8, 4) is 17.2 Å². The Morgan fingerprint density at radius 1 is 1.17 bits per heavy atom. The molecule has 1 heterocycles. The standard InChI is InChI=1S/C24H29NO5/c1-3-5-18-9-12-22(23(14-18)27-2)30-17-24(26)25-15-19-7-10-20(11-8-19)29-16-21-6-4-13-28-21/h3,5,7-12,14,21H,4,6,13,15-17H2,1-2H3,(H,25,26)/b5-3+. The minimum absolute atomic E-state index is 0.0814. The highest BCUT2D eigenvalue weighted by molar-refractivity contribution is 5.77. The summed E-state index contributed by atoms with van der Waals surface area (Å²) < 4.78 is 22.3. The zero-order valence-electron chi connectivity index (χ0n) is 17.6. The van der Waals surface area contributed by atoms with E-state index in [0.29, 0.717) is 24.7 Å². The minimum atomic E-state index is -0.201. The third-order valence-corrected chi connectivity index (χ3v) is 4.78. The summed E-state index contributed by atoms with van der Waals surface area (Å²) in [5.74, 6) is 1.73. The minimum Gasteiger partial charge on any atom is -0.493 e. The van der Waals surface area contributed by atoms with Gasteiger partial charge in [-0.1, -0.05) is 30.4 Å². The molecule has 1 amide bonds. The number of hydrogen-bond acceptors (Lipinski definition) is 5. The maximum absolute atomic E-state index is 12.1. The fourth-order valence-electron chi connectivity index (χ4n) is 3.16. The zero-order valence-corrected chi connectivity index (χ0v) is 17.6. The second-order valence-electron chi connectivity index (χ2n) is 7.07. The lowest BCUT2D eigenvalue weighted by atomic mass is 10.2. The molecule has 1 atom stereocenters. The highest BCUT2D eigenvalue weighted by Gasteiger charge is 2.16. The van der Waals surface area contributed by atoms with Crippen LogP contribution in [0.1, 0.15) is 30.9 Å². The van der Waals surface area contributed by atoms with Crippen LogP contribution in [0.3, 0.4) is 0 Å². The number of nitrogens with one attached hydrogen (secondary N) is 1. The SMILES string of the molecule is C/C=C/c1ccc(OCC(=O)NCc2ccc(OCC3CCCO3)cc2)c(OC)c1. The first-order valence-electron chi connectivity index (χ1n) is 10.2. The van der Waals surface area contributed by atoms with Gasteiger partial charge in [-0.15, -0.1) is 0 Å². The predicted octanol–water partition coefficient (Wildman–Crippen LogP) is 3.98. The molecular formula is C24H29NO5. The molecule has 0 spiro atoms. The Hall–Kier alpha value is -2.99. The highest BCUT2D eigenvalue weighted by atomic mass is 16.5. The van der Waals surface area contributed by atoms with Crippen molar-refractivity contribution in [1.29, 1.82) is 0 Å². The van der Waals surface area contributed by atoms with E-state index in [1.807, 2.05) is 55.5 Å². The van der Waals surface area contributed by atoms with Crippen LogP contribution < -0.4 is 19.5 Å². The van der Waals surface area contributed by atoms with Crippen LogP contribution in [0.5, 0.6) is 17.2 Å². The normalized spacial score (nSPS) is 15.9. The van der Waals surface area contributed by atoms with Crippen LogP contribution in [0, 0.1) is 0 Å². The largest absolute Gasteiger partial charge is 0.493 e. The maximum Gasteiger partial charge on any atom is 0.258 e. The Kier molecular flexibility index (Phi) is 8.15. The molecular weight excluding hydrogens is 382 g/mol. The quantitative estimate of drug-likeness (QED) is 0.641. The highest BCUT2D eigenvalue weighted by Crippen LogP contribution is 2.28. The molecule has 160 valence electrons. The van der Waals surface area contributed by atoms with Gasteiger partial charge in [0.25, 0.3) is 5.91 Å². The van der Waals surface area contributed by atoms with Gasteiger partial charge in [-0.05, 0) is 55.2 Å². The average Bonchev–Trinajstić information content (AvgIpc) is 3.30. The van der Waals surface area contributed by atoms with Crippen molar-refractivity contribution in [2.75, 3.05) is 26.9 Å². The molecule has 2 aromatic rings. The number of methoxy groups -OCH3 is 1. The fraction of sp³-hybridized carbons (Fsp3) is 0.375. The molecule has 2 aromatic carbocycles. The van der Waals surface area contributed by atoms with Crippen molar-refractivity contribution in [2.45, 2.75) is 32.4 Å². The first kappa shape index (κ1) is 21.7. The zero-order chi connectivity index (χ0) is 21.2. The summed E-state index contributed by atoms with van der Waals surface area (Å²) in [5.41, 5.74) is 2.00. The Morgan fingerprint density at radius 3 is 2.70 bits per heavy atom. The molecule has 0 saturated carbocycles. The van der Waals surface area contributed by atoms with Crippen molar-refractivity contribution in [3.63, 3.8) is 0 Å². The van der Waals surface area contributed by atoms with E-state index in [1.54, 1.807) is 13.2 Å². The van der Waals surface area contributed by atoms with Crippen LogP contribution in [0.15, 0.2) is 48.5 Å². The summed E-state index contributed by atoms with van der Waals surface area (Å²) in [5, 5.41) is 2.86. The molecule has 30 heavy (non-hydrogen) atoms. The second kappa shape index (κ2) is 11.3. The first-order chi connectivity index (χ1) is 14.7. The maximum atomic E-state index is 12.1. The molecule has 1 saturated heterocycles. The topological polar surface area (TPSA) is 66.0 Å². The smallest absolute Gasteiger partial charge is 0.258 e. The number of benzene rings is 2. The lowest BCUT2D eigenvalue weighted by molar-refractivity contribution is -0.123. The van der Waals surface area contributed by atoms with Gasteiger partial charge in [0.15, 0.2) is 18.1 Å². The van der Waals surface area contributed by atoms with Crippen molar-refractivity contribution in [2.24, 2.45) is 0 Å². The van der Waals surface area contributed by atoms with Crippen LogP contribution in [0.25, 0.3) is 6.08 Å². The van der Waals surface area contributed by atoms with Crippen molar-refractivity contribution >= 4 is 12.0 Å². The van der Waals surface area contributed by atoms with E-state index in [2.05, 4.69) is 5.32 Å². The molecule has 1 N–H and O–H groups in total. The molecule has 1 aliphatic heterocycles. The number of carbonyl (C=O) groups excluding carboxylic acids is 1. The molecule has 6 nitrogen and oxygen atoms in total. The fourth-order valence-corrected chi connectivity index (χ4v) is 3.16.